The van der Waals surface area contributed by atoms with E-state index in [1.165, 1.54) is 29.4 Å². The van der Waals surface area contributed by atoms with Crippen molar-refractivity contribution in [2.24, 2.45) is 0 Å². The normalized spacial score (nSPS) is 12.0. The molecule has 0 bridgehead atoms. The molecule has 1 aromatic carbocycles. The monoisotopic (exact) mass is 368 g/mol. The molecule has 0 unspecified atom stereocenters. The maximum atomic E-state index is 13.5. The highest BCUT2D eigenvalue weighted by molar-refractivity contribution is 5.79. The van der Waals surface area contributed by atoms with E-state index < -0.39 is 22.9 Å². The molecule has 0 atom stereocenters. The van der Waals surface area contributed by atoms with Crippen molar-refractivity contribution >= 4 is 11.0 Å². The Morgan fingerprint density at radius 1 is 1.19 bits per heavy atom. The maximum absolute atomic E-state index is 13.5. The number of aliphatic hydroxyl groups is 1. The Balaban J connectivity index is 2.32. The molecule has 0 radical (unpaired) electrons. The van der Waals surface area contributed by atoms with Crippen molar-refractivity contribution in [3.63, 3.8) is 0 Å². The van der Waals surface area contributed by atoms with Gasteiger partial charge in [0.2, 0.25) is 0 Å². The molecule has 0 spiro atoms. The summed E-state index contributed by atoms with van der Waals surface area (Å²) >= 11 is 0. The number of nitrogens with one attached hydrogen (secondary N) is 1. The van der Waals surface area contributed by atoms with Crippen LogP contribution in [0.1, 0.15) is 18.4 Å². The van der Waals surface area contributed by atoms with E-state index in [1.807, 2.05) is 0 Å². The number of halogens is 3. The zero-order chi connectivity index (χ0) is 18.9. The van der Waals surface area contributed by atoms with Gasteiger partial charge in [-0.15, -0.1) is 0 Å². The average molecular weight is 368 g/mol. The maximum Gasteiger partial charge on any atom is 0.418 e. The predicted molar refractivity (Wildman–Crippen MR) is 87.3 cm³/mol. The lowest BCUT2D eigenvalue weighted by Crippen LogP contribution is -2.36. The van der Waals surface area contributed by atoms with Crippen LogP contribution in [0, 0.1) is 0 Å². The van der Waals surface area contributed by atoms with E-state index in [0.29, 0.717) is 12.8 Å². The lowest BCUT2D eigenvalue weighted by atomic mass is 10.1. The highest BCUT2D eigenvalue weighted by atomic mass is 19.4. The Kier molecular flexibility index (Phi) is 4.68. The average Bonchev–Trinajstić information content (AvgIpc) is 3.11. The zero-order valence-electron chi connectivity index (χ0n) is 13.5. The molecule has 2 N–H and O–H groups in total. The van der Waals surface area contributed by atoms with Crippen LogP contribution in [-0.2, 0) is 12.7 Å². The molecule has 0 aliphatic carbocycles. The minimum Gasteiger partial charge on any atom is -0.396 e. The van der Waals surface area contributed by atoms with Crippen molar-refractivity contribution in [1.29, 1.82) is 0 Å². The first kappa shape index (κ1) is 17.9. The first-order chi connectivity index (χ1) is 12.3. The number of aromatic amines is 1. The van der Waals surface area contributed by atoms with Gasteiger partial charge in [0.25, 0.3) is 0 Å². The molecule has 0 aliphatic heterocycles. The molecule has 10 heteroatoms. The Hall–Kier alpha value is -2.88. The number of aromatic nitrogens is 4. The minimum absolute atomic E-state index is 0.0882. The van der Waals surface area contributed by atoms with Crippen LogP contribution >= 0.6 is 0 Å². The van der Waals surface area contributed by atoms with Crippen LogP contribution in [-0.4, -0.2) is 30.8 Å². The quantitative estimate of drug-likeness (QED) is 0.529. The molecule has 138 valence electrons. The van der Waals surface area contributed by atoms with Gasteiger partial charge in [-0.05, 0) is 25.0 Å². The summed E-state index contributed by atoms with van der Waals surface area (Å²) < 4.78 is 42.7. The van der Waals surface area contributed by atoms with Crippen LogP contribution < -0.4 is 11.1 Å². The number of aliphatic hydroxyl groups excluding tert-OH is 1. The lowest BCUT2D eigenvalue weighted by molar-refractivity contribution is -0.137. The second-order valence-electron chi connectivity index (χ2n) is 5.70. The van der Waals surface area contributed by atoms with E-state index in [0.717, 1.165) is 10.6 Å². The van der Waals surface area contributed by atoms with E-state index in [9.17, 15) is 22.8 Å². The van der Waals surface area contributed by atoms with Gasteiger partial charge in [-0.3, -0.25) is 9.59 Å². The molecule has 3 aromatic rings. The SMILES string of the molecule is O=c1[nH]c2cc(C(F)(F)F)c(-n3ccnc3)cc2n(CCCCO)c1=O. The first-order valence-electron chi connectivity index (χ1n) is 7.80. The summed E-state index contributed by atoms with van der Waals surface area (Å²) in [6.07, 6.45) is 0.0484. The zero-order valence-corrected chi connectivity index (χ0v) is 13.5. The second-order valence-corrected chi connectivity index (χ2v) is 5.70. The Morgan fingerprint density at radius 2 is 1.96 bits per heavy atom. The highest BCUT2D eigenvalue weighted by Gasteiger charge is 2.35. The number of fused-ring (bicyclic) bond motifs is 1. The van der Waals surface area contributed by atoms with Crippen molar-refractivity contribution in [1.82, 2.24) is 19.1 Å². The smallest absolute Gasteiger partial charge is 0.396 e. The van der Waals surface area contributed by atoms with Crippen molar-refractivity contribution < 1.29 is 18.3 Å². The number of imidazole rings is 1. The highest BCUT2D eigenvalue weighted by Crippen LogP contribution is 2.35. The number of H-pyrrole nitrogens is 1. The van der Waals surface area contributed by atoms with Gasteiger partial charge in [-0.2, -0.15) is 13.2 Å². The number of aryl methyl sites for hydroxylation is 1. The van der Waals surface area contributed by atoms with E-state index in [4.69, 9.17) is 5.11 Å². The number of hydrogen-bond acceptors (Lipinski definition) is 4. The summed E-state index contributed by atoms with van der Waals surface area (Å²) in [5, 5.41) is 8.89. The van der Waals surface area contributed by atoms with Crippen molar-refractivity contribution in [2.45, 2.75) is 25.6 Å². The van der Waals surface area contributed by atoms with Crippen LogP contribution in [0.2, 0.25) is 0 Å². The summed E-state index contributed by atoms with van der Waals surface area (Å²) in [5.74, 6) is 0. The van der Waals surface area contributed by atoms with Gasteiger partial charge in [0, 0.05) is 25.5 Å². The molecule has 0 fully saturated rings. The topological polar surface area (TPSA) is 92.9 Å². The van der Waals surface area contributed by atoms with Crippen molar-refractivity contribution in [3.05, 3.63) is 57.1 Å². The molecule has 2 heterocycles. The summed E-state index contributed by atoms with van der Waals surface area (Å²) in [7, 11) is 0. The Bertz CT molecular complexity index is 1040. The third kappa shape index (κ3) is 3.27. The van der Waals surface area contributed by atoms with E-state index in [1.54, 1.807) is 0 Å². The van der Waals surface area contributed by atoms with E-state index in [-0.39, 0.29) is 29.9 Å². The molecule has 0 amide bonds. The number of unbranched alkanes of at least 4 members (excludes halogenated alkanes) is 1. The standard InChI is InChI=1S/C16H15F3N4O3/c17-16(18,19)10-7-11-13(8-12(10)22-5-3-20-9-22)23(4-1-2-6-24)15(26)14(25)21-11/h3,5,7-9,24H,1-2,4,6H2,(H,21,25). The van der Waals surface area contributed by atoms with E-state index >= 15 is 0 Å². The molecular formula is C16H15F3N4O3. The van der Waals surface area contributed by atoms with Crippen molar-refractivity contribution in [3.8, 4) is 5.69 Å². The van der Waals surface area contributed by atoms with Crippen LogP contribution in [0.3, 0.4) is 0 Å². The second kappa shape index (κ2) is 6.79. The van der Waals surface area contributed by atoms with Crippen LogP contribution in [0.5, 0.6) is 0 Å². The van der Waals surface area contributed by atoms with Crippen LogP contribution in [0.4, 0.5) is 13.2 Å². The molecule has 26 heavy (non-hydrogen) atoms. The molecule has 0 saturated carbocycles. The molecular weight excluding hydrogens is 353 g/mol. The summed E-state index contributed by atoms with van der Waals surface area (Å²) in [4.78, 5) is 30.0. The number of benzene rings is 1. The molecule has 0 saturated heterocycles. The Labute approximate surface area is 144 Å². The third-order valence-electron chi connectivity index (χ3n) is 3.97. The molecule has 7 nitrogen and oxygen atoms in total. The van der Waals surface area contributed by atoms with Gasteiger partial charge < -0.3 is 19.2 Å². The number of rotatable bonds is 5. The van der Waals surface area contributed by atoms with Crippen molar-refractivity contribution in [2.75, 3.05) is 6.61 Å². The summed E-state index contributed by atoms with van der Waals surface area (Å²) in [5.41, 5.74) is -2.93. The van der Waals surface area contributed by atoms with Gasteiger partial charge in [-0.1, -0.05) is 0 Å². The number of nitrogens with zero attached hydrogens (tertiary/aromatic N) is 3. The first-order valence-corrected chi connectivity index (χ1v) is 7.80. The largest absolute Gasteiger partial charge is 0.418 e. The van der Waals surface area contributed by atoms with Gasteiger partial charge in [0.05, 0.1) is 28.6 Å². The fourth-order valence-electron chi connectivity index (χ4n) is 2.75. The fraction of sp³-hybridized carbons (Fsp3) is 0.312. The van der Waals surface area contributed by atoms with Gasteiger partial charge in [0.1, 0.15) is 0 Å². The number of hydrogen-bond donors (Lipinski definition) is 2. The van der Waals surface area contributed by atoms with Gasteiger partial charge >= 0.3 is 17.3 Å². The van der Waals surface area contributed by atoms with Crippen LogP contribution in [0.25, 0.3) is 16.7 Å². The predicted octanol–water partition coefficient (Wildman–Crippen LogP) is 1.67. The summed E-state index contributed by atoms with van der Waals surface area (Å²) in [6.45, 7) is 0.0168. The van der Waals surface area contributed by atoms with Gasteiger partial charge in [-0.25, -0.2) is 4.98 Å². The molecule has 2 aromatic heterocycles. The number of alkyl halides is 3. The minimum atomic E-state index is -4.66. The molecule has 0 aliphatic rings. The van der Waals surface area contributed by atoms with Gasteiger partial charge in [0.15, 0.2) is 0 Å². The molecule has 3 rings (SSSR count). The Morgan fingerprint density at radius 3 is 2.58 bits per heavy atom. The third-order valence-corrected chi connectivity index (χ3v) is 3.97. The summed E-state index contributed by atoms with van der Waals surface area (Å²) in [6, 6.07) is 2.02. The van der Waals surface area contributed by atoms with E-state index in [2.05, 4.69) is 9.97 Å². The lowest BCUT2D eigenvalue weighted by Gasteiger charge is -2.17. The van der Waals surface area contributed by atoms with Crippen LogP contribution in [0.15, 0.2) is 40.4 Å². The fourth-order valence-corrected chi connectivity index (χ4v) is 2.75.